The molecule has 1 atom stereocenters. The van der Waals surface area contributed by atoms with Crippen molar-refractivity contribution < 1.29 is 9.53 Å². The van der Waals surface area contributed by atoms with E-state index >= 15 is 0 Å². The summed E-state index contributed by atoms with van der Waals surface area (Å²) in [5.74, 6) is 0.801. The first-order chi connectivity index (χ1) is 11.9. The zero-order valence-corrected chi connectivity index (χ0v) is 16.8. The van der Waals surface area contributed by atoms with Crippen LogP contribution in [0.3, 0.4) is 0 Å². The Hall–Kier alpha value is -1.85. The van der Waals surface area contributed by atoms with E-state index in [0.717, 1.165) is 33.6 Å². The first kappa shape index (κ1) is 19.5. The molecule has 1 N–H and O–H groups in total. The van der Waals surface area contributed by atoms with Crippen LogP contribution in [0.4, 0.5) is 5.69 Å². The summed E-state index contributed by atoms with van der Waals surface area (Å²) in [7, 11) is 1.66. The third kappa shape index (κ3) is 5.31. The molecule has 0 saturated heterocycles. The minimum Gasteiger partial charge on any atom is -0.497 e. The van der Waals surface area contributed by atoms with Crippen molar-refractivity contribution in [2.75, 3.05) is 25.5 Å². The number of carbonyl (C=O) groups excluding carboxylic acids is 1. The molecule has 0 aromatic heterocycles. The predicted molar refractivity (Wildman–Crippen MR) is 106 cm³/mol. The molecule has 5 heteroatoms. The smallest absolute Gasteiger partial charge is 0.238 e. The lowest BCUT2D eigenvalue weighted by Crippen LogP contribution is -2.35. The number of ether oxygens (including phenoxy) is 1. The monoisotopic (exact) mass is 404 g/mol. The highest BCUT2D eigenvalue weighted by molar-refractivity contribution is 9.10. The number of likely N-dealkylation sites (N-methyl/N-ethyl adjacent to an activating group) is 1. The van der Waals surface area contributed by atoms with Crippen molar-refractivity contribution >= 4 is 27.5 Å². The molecule has 0 bridgehead atoms. The largest absolute Gasteiger partial charge is 0.497 e. The van der Waals surface area contributed by atoms with Gasteiger partial charge in [0.05, 0.1) is 19.3 Å². The predicted octanol–water partition coefficient (Wildman–Crippen LogP) is 4.79. The maximum atomic E-state index is 12.5. The molecular formula is C20H25BrN2O2. The molecule has 0 saturated carbocycles. The van der Waals surface area contributed by atoms with Gasteiger partial charge < -0.3 is 10.1 Å². The number of carbonyl (C=O) groups is 1. The molecule has 0 aliphatic heterocycles. The van der Waals surface area contributed by atoms with Crippen molar-refractivity contribution in [2.24, 2.45) is 0 Å². The van der Waals surface area contributed by atoms with Gasteiger partial charge in [-0.25, -0.2) is 0 Å². The Morgan fingerprint density at radius 3 is 2.68 bits per heavy atom. The van der Waals surface area contributed by atoms with Crippen LogP contribution >= 0.6 is 15.9 Å². The van der Waals surface area contributed by atoms with E-state index in [0.29, 0.717) is 6.54 Å². The Balaban J connectivity index is 2.05. The van der Waals surface area contributed by atoms with Gasteiger partial charge in [0.2, 0.25) is 5.91 Å². The molecule has 134 valence electrons. The number of amides is 1. The van der Waals surface area contributed by atoms with Crippen LogP contribution < -0.4 is 10.1 Å². The SMILES string of the molecule is CCN(CC(=O)Nc1ccc(C)cc1Br)[C@@H](C)c1cccc(OC)c1. The topological polar surface area (TPSA) is 41.6 Å². The van der Waals surface area contributed by atoms with Crippen LogP contribution in [0.15, 0.2) is 46.9 Å². The van der Waals surface area contributed by atoms with Gasteiger partial charge in [0.25, 0.3) is 0 Å². The Morgan fingerprint density at radius 1 is 1.28 bits per heavy atom. The van der Waals surface area contributed by atoms with E-state index in [1.54, 1.807) is 7.11 Å². The summed E-state index contributed by atoms with van der Waals surface area (Å²) >= 11 is 3.50. The Bertz CT molecular complexity index is 733. The number of rotatable bonds is 7. The molecule has 0 heterocycles. The molecule has 0 fully saturated rings. The highest BCUT2D eigenvalue weighted by Gasteiger charge is 2.18. The Morgan fingerprint density at radius 2 is 2.04 bits per heavy atom. The average molecular weight is 405 g/mol. The molecule has 0 aliphatic rings. The van der Waals surface area contributed by atoms with Crippen molar-refractivity contribution in [3.63, 3.8) is 0 Å². The molecule has 4 nitrogen and oxygen atoms in total. The van der Waals surface area contributed by atoms with E-state index in [2.05, 4.69) is 46.1 Å². The molecule has 0 radical (unpaired) electrons. The molecule has 2 aromatic carbocycles. The highest BCUT2D eigenvalue weighted by atomic mass is 79.9. The number of hydrogen-bond acceptors (Lipinski definition) is 3. The van der Waals surface area contributed by atoms with Crippen LogP contribution in [-0.2, 0) is 4.79 Å². The summed E-state index contributed by atoms with van der Waals surface area (Å²) in [6.07, 6.45) is 0. The summed E-state index contributed by atoms with van der Waals surface area (Å²) in [5, 5.41) is 2.98. The Labute approximate surface area is 158 Å². The fourth-order valence-corrected chi connectivity index (χ4v) is 3.32. The third-order valence-electron chi connectivity index (χ3n) is 4.28. The summed E-state index contributed by atoms with van der Waals surface area (Å²) in [5.41, 5.74) is 3.07. The van der Waals surface area contributed by atoms with Gasteiger partial charge in [-0.3, -0.25) is 9.69 Å². The quantitative estimate of drug-likeness (QED) is 0.721. The van der Waals surface area contributed by atoms with Crippen LogP contribution in [-0.4, -0.2) is 31.0 Å². The maximum Gasteiger partial charge on any atom is 0.238 e. The lowest BCUT2D eigenvalue weighted by molar-refractivity contribution is -0.117. The van der Waals surface area contributed by atoms with E-state index in [-0.39, 0.29) is 11.9 Å². The standard InChI is InChI=1S/C20H25BrN2O2/c1-5-23(15(3)16-7-6-8-17(12-16)25-4)13-20(24)22-19-10-9-14(2)11-18(19)21/h6-12,15H,5,13H2,1-4H3,(H,22,24)/t15-/m0/s1. The first-order valence-electron chi connectivity index (χ1n) is 8.38. The number of nitrogens with zero attached hydrogens (tertiary/aromatic N) is 1. The fourth-order valence-electron chi connectivity index (χ4n) is 2.73. The number of anilines is 1. The zero-order chi connectivity index (χ0) is 18.4. The molecule has 0 unspecified atom stereocenters. The van der Waals surface area contributed by atoms with E-state index in [1.165, 1.54) is 0 Å². The number of methoxy groups -OCH3 is 1. The summed E-state index contributed by atoms with van der Waals surface area (Å²) < 4.78 is 6.19. The van der Waals surface area contributed by atoms with Gasteiger partial charge in [-0.2, -0.15) is 0 Å². The van der Waals surface area contributed by atoms with Crippen LogP contribution in [0.5, 0.6) is 5.75 Å². The highest BCUT2D eigenvalue weighted by Crippen LogP contribution is 2.25. The van der Waals surface area contributed by atoms with Crippen molar-refractivity contribution in [3.8, 4) is 5.75 Å². The Kier molecular flexibility index (Phi) is 7.02. The molecule has 0 aliphatic carbocycles. The minimum absolute atomic E-state index is 0.0267. The lowest BCUT2D eigenvalue weighted by atomic mass is 10.1. The van der Waals surface area contributed by atoms with E-state index in [9.17, 15) is 4.79 Å². The second-order valence-electron chi connectivity index (χ2n) is 6.05. The molecule has 1 amide bonds. The van der Waals surface area contributed by atoms with E-state index in [4.69, 9.17) is 4.74 Å². The maximum absolute atomic E-state index is 12.5. The molecule has 2 aromatic rings. The lowest BCUT2D eigenvalue weighted by Gasteiger charge is -2.27. The van der Waals surface area contributed by atoms with Gasteiger partial charge in [0, 0.05) is 10.5 Å². The van der Waals surface area contributed by atoms with Crippen LogP contribution in [0.2, 0.25) is 0 Å². The first-order valence-corrected chi connectivity index (χ1v) is 9.18. The van der Waals surface area contributed by atoms with Crippen molar-refractivity contribution in [3.05, 3.63) is 58.1 Å². The number of nitrogens with one attached hydrogen (secondary N) is 1. The van der Waals surface area contributed by atoms with Crippen LogP contribution in [0.25, 0.3) is 0 Å². The minimum atomic E-state index is -0.0267. The third-order valence-corrected chi connectivity index (χ3v) is 4.93. The van der Waals surface area contributed by atoms with Crippen molar-refractivity contribution in [1.82, 2.24) is 4.90 Å². The zero-order valence-electron chi connectivity index (χ0n) is 15.2. The fraction of sp³-hybridized carbons (Fsp3) is 0.350. The molecule has 2 rings (SSSR count). The number of benzene rings is 2. The molecular weight excluding hydrogens is 380 g/mol. The van der Waals surface area contributed by atoms with Crippen molar-refractivity contribution in [1.29, 1.82) is 0 Å². The summed E-state index contributed by atoms with van der Waals surface area (Å²) in [6, 6.07) is 14.0. The number of hydrogen-bond donors (Lipinski definition) is 1. The van der Waals surface area contributed by atoms with Gasteiger partial charge >= 0.3 is 0 Å². The number of aryl methyl sites for hydroxylation is 1. The molecule has 0 spiro atoms. The van der Waals surface area contributed by atoms with E-state index in [1.807, 2.05) is 43.3 Å². The molecule has 25 heavy (non-hydrogen) atoms. The van der Waals surface area contributed by atoms with E-state index < -0.39 is 0 Å². The normalized spacial score (nSPS) is 12.1. The van der Waals surface area contributed by atoms with Crippen molar-refractivity contribution in [2.45, 2.75) is 26.8 Å². The van der Waals surface area contributed by atoms with Gasteiger partial charge in [-0.05, 0) is 71.7 Å². The summed E-state index contributed by atoms with van der Waals surface area (Å²) in [4.78, 5) is 14.6. The van der Waals surface area contributed by atoms with Gasteiger partial charge in [0.15, 0.2) is 0 Å². The van der Waals surface area contributed by atoms with Crippen LogP contribution in [0, 0.1) is 6.92 Å². The number of halogens is 1. The summed E-state index contributed by atoms with van der Waals surface area (Å²) in [6.45, 7) is 7.29. The average Bonchev–Trinajstić information content (AvgIpc) is 2.61. The second kappa shape index (κ2) is 9.02. The van der Waals surface area contributed by atoms with Gasteiger partial charge in [-0.1, -0.05) is 25.1 Å². The van der Waals surface area contributed by atoms with Gasteiger partial charge in [0.1, 0.15) is 5.75 Å². The second-order valence-corrected chi connectivity index (χ2v) is 6.90. The van der Waals surface area contributed by atoms with Crippen LogP contribution in [0.1, 0.15) is 31.0 Å². The van der Waals surface area contributed by atoms with Gasteiger partial charge in [-0.15, -0.1) is 0 Å².